The highest BCUT2D eigenvalue weighted by Gasteiger charge is 2.19. The van der Waals surface area contributed by atoms with E-state index in [0.29, 0.717) is 13.0 Å². The minimum absolute atomic E-state index is 0.183. The molecule has 0 aliphatic carbocycles. The molecule has 0 amide bonds. The fourth-order valence-corrected chi connectivity index (χ4v) is 3.37. The third kappa shape index (κ3) is 4.31. The zero-order valence-corrected chi connectivity index (χ0v) is 11.9. The Labute approximate surface area is 110 Å². The van der Waals surface area contributed by atoms with Crippen molar-refractivity contribution in [2.45, 2.75) is 20.3 Å². The van der Waals surface area contributed by atoms with Crippen LogP contribution in [-0.2, 0) is 10.0 Å². The molecule has 5 heteroatoms. The van der Waals surface area contributed by atoms with Gasteiger partial charge in [0.2, 0.25) is 10.0 Å². The van der Waals surface area contributed by atoms with Crippen molar-refractivity contribution >= 4 is 15.7 Å². The van der Waals surface area contributed by atoms with Crippen molar-refractivity contribution in [1.29, 1.82) is 0 Å². The van der Waals surface area contributed by atoms with Gasteiger partial charge >= 0.3 is 0 Å². The molecule has 18 heavy (non-hydrogen) atoms. The second kappa shape index (κ2) is 7.38. The largest absolute Gasteiger partial charge is 0.317 e. The van der Waals surface area contributed by atoms with Gasteiger partial charge in [-0.05, 0) is 38.6 Å². The first-order valence-electron chi connectivity index (χ1n) is 6.38. The minimum atomic E-state index is -3.21. The number of benzene rings is 1. The molecule has 0 aliphatic rings. The van der Waals surface area contributed by atoms with Crippen LogP contribution < -0.4 is 9.62 Å². The smallest absolute Gasteiger partial charge is 0.235 e. The number of rotatable bonds is 8. The van der Waals surface area contributed by atoms with Crippen LogP contribution in [0.25, 0.3) is 0 Å². The normalized spacial score (nSPS) is 11.4. The molecule has 1 aromatic rings. The maximum absolute atomic E-state index is 12.2. The van der Waals surface area contributed by atoms with Gasteiger partial charge in [-0.1, -0.05) is 25.1 Å². The Balaban J connectivity index is 2.69. The fourth-order valence-electron chi connectivity index (χ4n) is 1.80. The minimum Gasteiger partial charge on any atom is -0.317 e. The van der Waals surface area contributed by atoms with Gasteiger partial charge in [-0.25, -0.2) is 8.42 Å². The second-order valence-corrected chi connectivity index (χ2v) is 6.04. The summed E-state index contributed by atoms with van der Waals surface area (Å²) < 4.78 is 25.9. The van der Waals surface area contributed by atoms with Gasteiger partial charge in [-0.3, -0.25) is 4.31 Å². The Morgan fingerprint density at radius 3 is 2.39 bits per heavy atom. The standard InChI is InChI=1S/C13H22N2O2S/c1-3-14-11-8-12-18(16,17)15(4-2)13-9-6-5-7-10-13/h5-7,9-10,14H,3-4,8,11-12H2,1-2H3. The van der Waals surface area contributed by atoms with Crippen LogP contribution in [0.15, 0.2) is 30.3 Å². The number of sulfonamides is 1. The molecule has 4 nitrogen and oxygen atoms in total. The molecule has 102 valence electrons. The predicted octanol–water partition coefficient (Wildman–Crippen LogP) is 1.84. The van der Waals surface area contributed by atoms with E-state index >= 15 is 0 Å². The molecular formula is C13H22N2O2S. The van der Waals surface area contributed by atoms with Crippen LogP contribution >= 0.6 is 0 Å². The van der Waals surface area contributed by atoms with Crippen molar-refractivity contribution in [3.63, 3.8) is 0 Å². The first-order valence-corrected chi connectivity index (χ1v) is 7.99. The molecule has 0 unspecified atom stereocenters. The van der Waals surface area contributed by atoms with Gasteiger partial charge in [0.05, 0.1) is 11.4 Å². The van der Waals surface area contributed by atoms with Gasteiger partial charge in [0, 0.05) is 6.54 Å². The fraction of sp³-hybridized carbons (Fsp3) is 0.538. The van der Waals surface area contributed by atoms with Crippen LogP contribution in [0.3, 0.4) is 0 Å². The molecule has 0 aliphatic heterocycles. The van der Waals surface area contributed by atoms with E-state index in [1.54, 1.807) is 0 Å². The first-order chi connectivity index (χ1) is 8.61. The topological polar surface area (TPSA) is 49.4 Å². The molecule has 0 radical (unpaired) electrons. The number of para-hydroxylation sites is 1. The summed E-state index contributed by atoms with van der Waals surface area (Å²) in [6, 6.07) is 9.24. The lowest BCUT2D eigenvalue weighted by molar-refractivity contribution is 0.586. The molecule has 1 rings (SSSR count). The first kappa shape index (κ1) is 15.0. The van der Waals surface area contributed by atoms with Crippen LogP contribution in [0.1, 0.15) is 20.3 Å². The van der Waals surface area contributed by atoms with E-state index < -0.39 is 10.0 Å². The third-order valence-electron chi connectivity index (χ3n) is 2.67. The van der Waals surface area contributed by atoms with E-state index in [0.717, 1.165) is 18.8 Å². The molecule has 0 spiro atoms. The van der Waals surface area contributed by atoms with Gasteiger partial charge < -0.3 is 5.32 Å². The SMILES string of the molecule is CCNCCCS(=O)(=O)N(CC)c1ccccc1. The van der Waals surface area contributed by atoms with Gasteiger partial charge in [-0.15, -0.1) is 0 Å². The van der Waals surface area contributed by atoms with Gasteiger partial charge in [0.1, 0.15) is 0 Å². The van der Waals surface area contributed by atoms with Crippen molar-refractivity contribution in [2.24, 2.45) is 0 Å². The molecule has 0 bridgehead atoms. The highest BCUT2D eigenvalue weighted by atomic mass is 32.2. The average molecular weight is 270 g/mol. The molecule has 0 fully saturated rings. The van der Waals surface area contributed by atoms with Gasteiger partial charge in [0.15, 0.2) is 0 Å². The molecular weight excluding hydrogens is 248 g/mol. The number of anilines is 1. The zero-order chi connectivity index (χ0) is 13.4. The average Bonchev–Trinajstić information content (AvgIpc) is 2.36. The quantitative estimate of drug-likeness (QED) is 0.733. The van der Waals surface area contributed by atoms with Crippen LogP contribution in [0, 0.1) is 0 Å². The van der Waals surface area contributed by atoms with Crippen molar-refractivity contribution < 1.29 is 8.42 Å². The lowest BCUT2D eigenvalue weighted by atomic mass is 10.3. The van der Waals surface area contributed by atoms with Crippen LogP contribution in [-0.4, -0.2) is 33.8 Å². The van der Waals surface area contributed by atoms with Crippen molar-refractivity contribution in [1.82, 2.24) is 5.32 Å². The summed E-state index contributed by atoms with van der Waals surface area (Å²) in [6.45, 7) is 5.94. The lowest BCUT2D eigenvalue weighted by Crippen LogP contribution is -2.33. The predicted molar refractivity (Wildman–Crippen MR) is 76.4 cm³/mol. The van der Waals surface area contributed by atoms with Crippen LogP contribution in [0.4, 0.5) is 5.69 Å². The summed E-state index contributed by atoms with van der Waals surface area (Å²) in [6.07, 6.45) is 0.638. The van der Waals surface area contributed by atoms with E-state index in [-0.39, 0.29) is 5.75 Å². The van der Waals surface area contributed by atoms with Crippen molar-refractivity contribution in [3.8, 4) is 0 Å². The monoisotopic (exact) mass is 270 g/mol. The Hall–Kier alpha value is -1.07. The van der Waals surface area contributed by atoms with Crippen molar-refractivity contribution in [2.75, 3.05) is 29.7 Å². The summed E-state index contributed by atoms with van der Waals surface area (Å²) in [5.41, 5.74) is 0.739. The van der Waals surface area contributed by atoms with E-state index in [1.165, 1.54) is 4.31 Å². The third-order valence-corrected chi connectivity index (χ3v) is 4.62. The molecule has 0 saturated carbocycles. The van der Waals surface area contributed by atoms with E-state index in [1.807, 2.05) is 44.2 Å². The van der Waals surface area contributed by atoms with Crippen LogP contribution in [0.5, 0.6) is 0 Å². The maximum Gasteiger partial charge on any atom is 0.235 e. The number of hydrogen-bond donors (Lipinski definition) is 1. The number of nitrogens with zero attached hydrogens (tertiary/aromatic N) is 1. The Morgan fingerprint density at radius 2 is 1.83 bits per heavy atom. The van der Waals surface area contributed by atoms with Gasteiger partial charge in [0.25, 0.3) is 0 Å². The zero-order valence-electron chi connectivity index (χ0n) is 11.1. The Kier molecular flexibility index (Phi) is 6.15. The van der Waals surface area contributed by atoms with Crippen LogP contribution in [0.2, 0.25) is 0 Å². The maximum atomic E-state index is 12.2. The second-order valence-electron chi connectivity index (χ2n) is 4.02. The van der Waals surface area contributed by atoms with Gasteiger partial charge in [-0.2, -0.15) is 0 Å². The summed E-state index contributed by atoms with van der Waals surface area (Å²) in [4.78, 5) is 0. The van der Waals surface area contributed by atoms with E-state index in [2.05, 4.69) is 5.32 Å². The summed E-state index contributed by atoms with van der Waals surface area (Å²) >= 11 is 0. The molecule has 0 aromatic heterocycles. The lowest BCUT2D eigenvalue weighted by Gasteiger charge is -2.22. The molecule has 0 heterocycles. The Bertz CT molecular complexity index is 432. The summed E-state index contributed by atoms with van der Waals surface area (Å²) in [7, 11) is -3.21. The molecule has 0 atom stereocenters. The number of nitrogens with one attached hydrogen (secondary N) is 1. The molecule has 0 saturated heterocycles. The Morgan fingerprint density at radius 1 is 1.17 bits per heavy atom. The summed E-state index contributed by atoms with van der Waals surface area (Å²) in [5.74, 6) is 0.183. The van der Waals surface area contributed by atoms with Crippen molar-refractivity contribution in [3.05, 3.63) is 30.3 Å². The van der Waals surface area contributed by atoms with E-state index in [9.17, 15) is 8.42 Å². The highest BCUT2D eigenvalue weighted by Crippen LogP contribution is 2.17. The molecule has 1 N–H and O–H groups in total. The summed E-state index contributed by atoms with van der Waals surface area (Å²) in [5, 5.41) is 3.13. The highest BCUT2D eigenvalue weighted by molar-refractivity contribution is 7.92. The molecule has 1 aromatic carbocycles. The number of hydrogen-bond acceptors (Lipinski definition) is 3. The van der Waals surface area contributed by atoms with E-state index in [4.69, 9.17) is 0 Å².